The fourth-order valence-corrected chi connectivity index (χ4v) is 0.486. The molecule has 0 heterocycles. The summed E-state index contributed by atoms with van der Waals surface area (Å²) in [6, 6.07) is 12.5. The first-order chi connectivity index (χ1) is 5.41. The Labute approximate surface area is 68.7 Å². The molecule has 0 aliphatic heterocycles. The van der Waals surface area contributed by atoms with Gasteiger partial charge < -0.3 is 0 Å². The highest BCUT2D eigenvalue weighted by atomic mass is 16.2. The Bertz CT molecular complexity index is 108. The van der Waals surface area contributed by atoms with Gasteiger partial charge in [-0.1, -0.05) is 43.7 Å². The molecule has 1 heteroatoms. The quantitative estimate of drug-likeness (QED) is 0.617. The monoisotopic (exact) mass is 150 g/mol. The van der Waals surface area contributed by atoms with Gasteiger partial charge in [0, 0.05) is 0 Å². The molecule has 60 valence electrons. The lowest BCUT2D eigenvalue weighted by Gasteiger charge is -1.76. The summed E-state index contributed by atoms with van der Waals surface area (Å²) < 4.78 is 0. The van der Waals surface area contributed by atoms with Crippen molar-refractivity contribution in [2.75, 3.05) is 6.61 Å². The van der Waals surface area contributed by atoms with Crippen molar-refractivity contribution < 1.29 is 5.11 Å². The smallest absolute Gasteiger partial charge is 0.0822 e. The van der Waals surface area contributed by atoms with Gasteiger partial charge in [0.2, 0.25) is 0 Å². The molecular weight excluding hydrogens is 136 g/mol. The molecule has 1 aromatic carbocycles. The Kier molecular flexibility index (Phi) is 8.50. The fourth-order valence-electron chi connectivity index (χ4n) is 0.486. The second-order valence-corrected chi connectivity index (χ2v) is 2.14. The number of benzene rings is 1. The fraction of sp³-hybridized carbons (Fsp3) is 0.400. The molecule has 0 unspecified atom stereocenters. The van der Waals surface area contributed by atoms with Gasteiger partial charge in [0.15, 0.2) is 0 Å². The molecular formula is C10H14O. The van der Waals surface area contributed by atoms with Crippen LogP contribution in [0.25, 0.3) is 0 Å². The van der Waals surface area contributed by atoms with E-state index in [-0.39, 0.29) is 6.61 Å². The molecule has 11 heavy (non-hydrogen) atoms. The van der Waals surface area contributed by atoms with Gasteiger partial charge in [-0.3, -0.25) is 0 Å². The van der Waals surface area contributed by atoms with Crippen LogP contribution >= 0.6 is 0 Å². The van der Waals surface area contributed by atoms with Gasteiger partial charge in [0.25, 0.3) is 0 Å². The summed E-state index contributed by atoms with van der Waals surface area (Å²) in [5, 5.41) is 9.53. The van der Waals surface area contributed by atoms with E-state index in [0.717, 1.165) is 12.8 Å². The van der Waals surface area contributed by atoms with Crippen LogP contribution in [0, 0.1) is 6.07 Å². The Balaban J connectivity index is 0.000000187. The van der Waals surface area contributed by atoms with Crippen LogP contribution in [0.4, 0.5) is 0 Å². The Morgan fingerprint density at radius 2 is 1.82 bits per heavy atom. The minimum absolute atomic E-state index is 0.0938. The average Bonchev–Trinajstić information content (AvgIpc) is 2.10. The topological polar surface area (TPSA) is 19.9 Å². The molecule has 0 aromatic heterocycles. The maximum atomic E-state index is 9.53. The summed E-state index contributed by atoms with van der Waals surface area (Å²) in [6.07, 6.45) is 1.86. The third kappa shape index (κ3) is 9.18. The van der Waals surface area contributed by atoms with E-state index in [2.05, 4.69) is 6.07 Å². The van der Waals surface area contributed by atoms with Crippen LogP contribution < -0.4 is 0 Å². The first-order valence-electron chi connectivity index (χ1n) is 3.91. The van der Waals surface area contributed by atoms with Crippen LogP contribution in [0.15, 0.2) is 30.3 Å². The predicted octanol–water partition coefficient (Wildman–Crippen LogP) is 2.70. The van der Waals surface area contributed by atoms with Gasteiger partial charge in [-0.15, -0.1) is 0 Å². The van der Waals surface area contributed by atoms with Crippen LogP contribution in [-0.2, 0) is 5.11 Å². The minimum Gasteiger partial charge on any atom is -0.237 e. The summed E-state index contributed by atoms with van der Waals surface area (Å²) in [5.41, 5.74) is 0. The van der Waals surface area contributed by atoms with Gasteiger partial charge in [-0.2, -0.15) is 0 Å². The highest BCUT2D eigenvalue weighted by Crippen LogP contribution is 1.79. The summed E-state index contributed by atoms with van der Waals surface area (Å²) in [4.78, 5) is 0. The molecule has 0 spiro atoms. The SMILES string of the molecule is CCCC[O].[c]1ccccc1. The lowest BCUT2D eigenvalue weighted by Crippen LogP contribution is -1.72. The highest BCUT2D eigenvalue weighted by molar-refractivity contribution is 4.97. The summed E-state index contributed by atoms with van der Waals surface area (Å²) in [6.45, 7) is 2.11. The van der Waals surface area contributed by atoms with Crippen molar-refractivity contribution >= 4 is 0 Å². The van der Waals surface area contributed by atoms with E-state index in [1.165, 1.54) is 0 Å². The van der Waals surface area contributed by atoms with E-state index in [0.29, 0.717) is 0 Å². The Hall–Kier alpha value is -0.820. The highest BCUT2D eigenvalue weighted by Gasteiger charge is 1.71. The van der Waals surface area contributed by atoms with Crippen LogP contribution in [0.5, 0.6) is 0 Å². The van der Waals surface area contributed by atoms with E-state index in [9.17, 15) is 5.11 Å². The van der Waals surface area contributed by atoms with Gasteiger partial charge in [0.1, 0.15) is 0 Å². The summed E-state index contributed by atoms with van der Waals surface area (Å²) >= 11 is 0. The standard InChI is InChI=1S/C6H5.C4H9O/c1-2-4-6-5-3-1;1-2-3-4-5/h1-5H;2-4H2,1H3. The van der Waals surface area contributed by atoms with E-state index in [4.69, 9.17) is 0 Å². The second-order valence-electron chi connectivity index (χ2n) is 2.14. The van der Waals surface area contributed by atoms with Gasteiger partial charge in [0.05, 0.1) is 6.61 Å². The van der Waals surface area contributed by atoms with Gasteiger partial charge in [-0.05, 0) is 12.5 Å². The zero-order valence-corrected chi connectivity index (χ0v) is 6.92. The first-order valence-corrected chi connectivity index (χ1v) is 3.91. The van der Waals surface area contributed by atoms with E-state index in [1.807, 2.05) is 37.3 Å². The van der Waals surface area contributed by atoms with Crippen LogP contribution in [-0.4, -0.2) is 6.61 Å². The maximum absolute atomic E-state index is 9.53. The average molecular weight is 150 g/mol. The van der Waals surface area contributed by atoms with Crippen LogP contribution in [0.3, 0.4) is 0 Å². The molecule has 0 aliphatic rings. The molecule has 1 aromatic rings. The molecule has 0 N–H and O–H groups in total. The molecule has 1 rings (SSSR count). The van der Waals surface area contributed by atoms with Crippen LogP contribution in [0.2, 0.25) is 0 Å². The molecule has 0 saturated carbocycles. The molecule has 0 fully saturated rings. The summed E-state index contributed by atoms with van der Waals surface area (Å²) in [7, 11) is 0. The number of hydrogen-bond donors (Lipinski definition) is 0. The maximum Gasteiger partial charge on any atom is 0.0822 e. The largest absolute Gasteiger partial charge is 0.237 e. The lowest BCUT2D eigenvalue weighted by molar-refractivity contribution is 0.188. The van der Waals surface area contributed by atoms with Crippen molar-refractivity contribution in [1.29, 1.82) is 0 Å². The normalized spacial score (nSPS) is 8.18. The molecule has 0 atom stereocenters. The number of unbranched alkanes of at least 4 members (excludes halogenated alkanes) is 1. The van der Waals surface area contributed by atoms with Crippen molar-refractivity contribution in [2.24, 2.45) is 0 Å². The number of hydrogen-bond acceptors (Lipinski definition) is 0. The predicted molar refractivity (Wildman–Crippen MR) is 45.7 cm³/mol. The third-order valence-electron chi connectivity index (χ3n) is 1.11. The zero-order valence-electron chi connectivity index (χ0n) is 6.92. The van der Waals surface area contributed by atoms with Crippen molar-refractivity contribution in [3.05, 3.63) is 36.4 Å². The molecule has 0 aliphatic carbocycles. The zero-order chi connectivity index (χ0) is 8.36. The van der Waals surface area contributed by atoms with E-state index < -0.39 is 0 Å². The molecule has 0 bridgehead atoms. The van der Waals surface area contributed by atoms with Crippen molar-refractivity contribution in [1.82, 2.24) is 0 Å². The Morgan fingerprint density at radius 1 is 1.18 bits per heavy atom. The molecule has 1 nitrogen and oxygen atoms in total. The molecule has 0 amide bonds. The number of rotatable bonds is 2. The molecule has 0 saturated heterocycles. The van der Waals surface area contributed by atoms with Crippen molar-refractivity contribution in [3.8, 4) is 0 Å². The third-order valence-corrected chi connectivity index (χ3v) is 1.11. The van der Waals surface area contributed by atoms with E-state index in [1.54, 1.807) is 0 Å². The van der Waals surface area contributed by atoms with Crippen molar-refractivity contribution in [2.45, 2.75) is 19.8 Å². The minimum atomic E-state index is 0.0938. The van der Waals surface area contributed by atoms with Crippen molar-refractivity contribution in [3.63, 3.8) is 0 Å². The first kappa shape index (κ1) is 10.2. The molecule has 2 radical (unpaired) electrons. The van der Waals surface area contributed by atoms with Gasteiger partial charge >= 0.3 is 0 Å². The Morgan fingerprint density at radius 3 is 1.91 bits per heavy atom. The second kappa shape index (κ2) is 9.18. The van der Waals surface area contributed by atoms with Gasteiger partial charge in [-0.25, -0.2) is 5.11 Å². The van der Waals surface area contributed by atoms with E-state index >= 15 is 0 Å². The lowest BCUT2D eigenvalue weighted by atomic mass is 10.4. The summed E-state index contributed by atoms with van der Waals surface area (Å²) in [5.74, 6) is 0. The van der Waals surface area contributed by atoms with Crippen LogP contribution in [0.1, 0.15) is 19.8 Å².